The van der Waals surface area contributed by atoms with E-state index in [4.69, 9.17) is 0 Å². The molecule has 0 radical (unpaired) electrons. The van der Waals surface area contributed by atoms with Crippen LogP contribution in [0.1, 0.15) is 17.5 Å². The fourth-order valence-electron chi connectivity index (χ4n) is 4.51. The van der Waals surface area contributed by atoms with Crippen molar-refractivity contribution in [3.63, 3.8) is 0 Å². The third kappa shape index (κ3) is 5.34. The van der Waals surface area contributed by atoms with Gasteiger partial charge in [-0.05, 0) is 77.2 Å². The molecule has 0 spiro atoms. The number of halogens is 1. The molecule has 2 N–H and O–H groups in total. The Morgan fingerprint density at radius 1 is 1.03 bits per heavy atom. The number of aliphatic hydroxyl groups is 1. The summed E-state index contributed by atoms with van der Waals surface area (Å²) in [5.74, 6) is -0.159. The lowest BCUT2D eigenvalue weighted by molar-refractivity contribution is 0.220. The van der Waals surface area contributed by atoms with Crippen molar-refractivity contribution < 1.29 is 17.9 Å². The second kappa shape index (κ2) is 10.1. The number of aromatic amines is 1. The molecule has 6 nitrogen and oxygen atoms in total. The Morgan fingerprint density at radius 3 is 2.35 bits per heavy atom. The van der Waals surface area contributed by atoms with E-state index in [9.17, 15) is 17.9 Å². The van der Waals surface area contributed by atoms with Crippen LogP contribution in [0.15, 0.2) is 96.1 Å². The normalized spacial score (nSPS) is 14.5. The lowest BCUT2D eigenvalue weighted by Crippen LogP contribution is -2.27. The molecule has 4 aromatic rings. The number of benzene rings is 2. The Morgan fingerprint density at radius 2 is 1.73 bits per heavy atom. The van der Waals surface area contributed by atoms with Crippen LogP contribution in [-0.2, 0) is 9.84 Å². The molecule has 0 bridgehead atoms. The molecule has 0 unspecified atom stereocenters. The summed E-state index contributed by atoms with van der Waals surface area (Å²) in [7, 11) is -3.27. The summed E-state index contributed by atoms with van der Waals surface area (Å²) in [6.45, 7) is 1.13. The number of nitrogens with one attached hydrogen (secondary N) is 1. The van der Waals surface area contributed by atoms with Crippen LogP contribution in [0.25, 0.3) is 34.0 Å². The first kappa shape index (κ1) is 24.5. The SMILES string of the molecule is CS(=O)(=O)c1ccc(C=C(O)N2CC=C(c3c[nH]c(-c4ccc(F)cc4)c3-c3ccncc3)CC2)cc1. The van der Waals surface area contributed by atoms with Gasteiger partial charge in [0.1, 0.15) is 5.82 Å². The standard InChI is InChI=1S/C29H26FN3O3S/c1-37(35,36)25-8-2-20(3-9-25)18-27(34)33-16-12-21(13-17-33)26-19-32-29(23-4-6-24(30)7-5-23)28(26)22-10-14-31-15-11-22/h2-12,14-15,18-19,32,34H,13,16-17H2,1H3. The molecule has 0 saturated carbocycles. The van der Waals surface area contributed by atoms with Crippen molar-refractivity contribution in [3.8, 4) is 22.4 Å². The summed E-state index contributed by atoms with van der Waals surface area (Å²) in [5, 5.41) is 10.7. The van der Waals surface area contributed by atoms with Crippen molar-refractivity contribution in [2.24, 2.45) is 0 Å². The molecule has 188 valence electrons. The van der Waals surface area contributed by atoms with Crippen LogP contribution in [0.5, 0.6) is 0 Å². The lowest BCUT2D eigenvalue weighted by atomic mass is 9.92. The van der Waals surface area contributed by atoms with E-state index in [1.165, 1.54) is 30.5 Å². The number of pyridine rings is 1. The Hall–Kier alpha value is -4.17. The van der Waals surface area contributed by atoms with Crippen LogP contribution in [0.2, 0.25) is 0 Å². The highest BCUT2D eigenvalue weighted by molar-refractivity contribution is 7.90. The van der Waals surface area contributed by atoms with E-state index in [2.05, 4.69) is 16.0 Å². The third-order valence-electron chi connectivity index (χ3n) is 6.47. The molecule has 0 saturated heterocycles. The average molecular weight is 516 g/mol. The van der Waals surface area contributed by atoms with E-state index in [-0.39, 0.29) is 16.6 Å². The molecule has 2 aromatic heterocycles. The highest BCUT2D eigenvalue weighted by atomic mass is 32.2. The highest BCUT2D eigenvalue weighted by Gasteiger charge is 2.21. The van der Waals surface area contributed by atoms with Crippen molar-refractivity contribution >= 4 is 21.5 Å². The maximum absolute atomic E-state index is 13.5. The predicted octanol–water partition coefficient (Wildman–Crippen LogP) is 5.93. The Kier molecular flexibility index (Phi) is 6.67. The van der Waals surface area contributed by atoms with Gasteiger partial charge in [0.15, 0.2) is 15.7 Å². The van der Waals surface area contributed by atoms with Gasteiger partial charge in [0, 0.05) is 55.1 Å². The Bertz CT molecular complexity index is 1570. The van der Waals surface area contributed by atoms with Crippen molar-refractivity contribution in [1.29, 1.82) is 0 Å². The van der Waals surface area contributed by atoms with Gasteiger partial charge in [-0.1, -0.05) is 18.2 Å². The molecule has 8 heteroatoms. The summed E-state index contributed by atoms with van der Waals surface area (Å²) >= 11 is 0. The molecular formula is C29H26FN3O3S. The maximum atomic E-state index is 13.5. The molecule has 0 atom stereocenters. The fourth-order valence-corrected chi connectivity index (χ4v) is 5.14. The molecule has 0 aliphatic carbocycles. The molecule has 2 aromatic carbocycles. The number of aromatic nitrogens is 2. The number of nitrogens with zero attached hydrogens (tertiary/aromatic N) is 2. The molecule has 1 aliphatic heterocycles. The van der Waals surface area contributed by atoms with E-state index < -0.39 is 9.84 Å². The van der Waals surface area contributed by atoms with Crippen molar-refractivity contribution in [1.82, 2.24) is 14.9 Å². The summed E-state index contributed by atoms with van der Waals surface area (Å²) in [5.41, 5.74) is 6.76. The van der Waals surface area contributed by atoms with E-state index in [1.807, 2.05) is 23.2 Å². The van der Waals surface area contributed by atoms with Gasteiger partial charge in [-0.25, -0.2) is 12.8 Å². The van der Waals surface area contributed by atoms with E-state index in [0.717, 1.165) is 33.5 Å². The quantitative estimate of drug-likeness (QED) is 0.311. The van der Waals surface area contributed by atoms with Crippen molar-refractivity contribution in [2.45, 2.75) is 11.3 Å². The van der Waals surface area contributed by atoms with Gasteiger partial charge in [-0.15, -0.1) is 0 Å². The fraction of sp³-hybridized carbons (Fsp3) is 0.138. The average Bonchev–Trinajstić information content (AvgIpc) is 3.35. The van der Waals surface area contributed by atoms with Crippen LogP contribution in [0.4, 0.5) is 4.39 Å². The number of rotatable bonds is 6. The van der Waals surface area contributed by atoms with Gasteiger partial charge in [0.05, 0.1) is 10.6 Å². The summed E-state index contributed by atoms with van der Waals surface area (Å²) in [4.78, 5) is 9.64. The van der Waals surface area contributed by atoms with E-state index in [0.29, 0.717) is 25.1 Å². The van der Waals surface area contributed by atoms with Gasteiger partial charge in [0.2, 0.25) is 0 Å². The number of hydrogen-bond acceptors (Lipinski definition) is 5. The Balaban J connectivity index is 1.42. The van der Waals surface area contributed by atoms with Crippen LogP contribution in [0, 0.1) is 5.82 Å². The topological polar surface area (TPSA) is 86.3 Å². The number of H-pyrrole nitrogens is 1. The summed E-state index contributed by atoms with van der Waals surface area (Å²) < 4.78 is 36.9. The zero-order chi connectivity index (χ0) is 26.0. The smallest absolute Gasteiger partial charge is 0.187 e. The number of aliphatic hydroxyl groups excluding tert-OH is 1. The van der Waals surface area contributed by atoms with Gasteiger partial charge in [-0.2, -0.15) is 0 Å². The molecule has 3 heterocycles. The van der Waals surface area contributed by atoms with E-state index >= 15 is 0 Å². The minimum Gasteiger partial charge on any atom is -0.495 e. The molecule has 1 aliphatic rings. The van der Waals surface area contributed by atoms with Crippen LogP contribution >= 0.6 is 0 Å². The maximum Gasteiger partial charge on any atom is 0.187 e. The molecular weight excluding hydrogens is 489 g/mol. The summed E-state index contributed by atoms with van der Waals surface area (Å²) in [6, 6.07) is 16.8. The van der Waals surface area contributed by atoms with Gasteiger partial charge >= 0.3 is 0 Å². The van der Waals surface area contributed by atoms with Crippen LogP contribution < -0.4 is 0 Å². The van der Waals surface area contributed by atoms with Gasteiger partial charge < -0.3 is 15.0 Å². The highest BCUT2D eigenvalue weighted by Crippen LogP contribution is 2.39. The molecule has 0 amide bonds. The second-order valence-corrected chi connectivity index (χ2v) is 11.0. The molecule has 0 fully saturated rings. The predicted molar refractivity (Wildman–Crippen MR) is 144 cm³/mol. The van der Waals surface area contributed by atoms with Crippen LogP contribution in [-0.4, -0.2) is 47.7 Å². The van der Waals surface area contributed by atoms with Crippen molar-refractivity contribution in [3.05, 3.63) is 108 Å². The zero-order valence-corrected chi connectivity index (χ0v) is 21.0. The van der Waals surface area contributed by atoms with E-state index in [1.54, 1.807) is 42.7 Å². The second-order valence-electron chi connectivity index (χ2n) is 8.96. The van der Waals surface area contributed by atoms with Gasteiger partial charge in [-0.3, -0.25) is 4.98 Å². The van der Waals surface area contributed by atoms with Gasteiger partial charge in [0.25, 0.3) is 0 Å². The first-order valence-electron chi connectivity index (χ1n) is 11.8. The first-order valence-corrected chi connectivity index (χ1v) is 13.7. The van der Waals surface area contributed by atoms with Crippen LogP contribution in [0.3, 0.4) is 0 Å². The minimum atomic E-state index is -3.27. The number of sulfone groups is 1. The minimum absolute atomic E-state index is 0.123. The monoisotopic (exact) mass is 515 g/mol. The Labute approximate surface area is 215 Å². The first-order chi connectivity index (χ1) is 17.8. The van der Waals surface area contributed by atoms with Crippen molar-refractivity contribution in [2.75, 3.05) is 19.3 Å². The lowest BCUT2D eigenvalue weighted by Gasteiger charge is -2.27. The number of hydrogen-bond donors (Lipinski definition) is 2. The third-order valence-corrected chi connectivity index (χ3v) is 7.59. The largest absolute Gasteiger partial charge is 0.495 e. The summed E-state index contributed by atoms with van der Waals surface area (Å²) in [6.07, 6.45) is 11.1. The zero-order valence-electron chi connectivity index (χ0n) is 20.2. The molecule has 37 heavy (non-hydrogen) atoms. The molecule has 5 rings (SSSR count).